The van der Waals surface area contributed by atoms with E-state index in [1.165, 1.54) is 15.6 Å². The second kappa shape index (κ2) is 7.58. The molecule has 0 unspecified atom stereocenters. The maximum atomic E-state index is 12.3. The Kier molecular flexibility index (Phi) is 5.47. The molecule has 7 nitrogen and oxygen atoms in total. The Morgan fingerprint density at radius 1 is 1.29 bits per heavy atom. The van der Waals surface area contributed by atoms with Crippen LogP contribution in [0, 0.1) is 0 Å². The summed E-state index contributed by atoms with van der Waals surface area (Å²) in [6.07, 6.45) is 0. The number of nitrogens with one attached hydrogen (secondary N) is 2. The van der Waals surface area contributed by atoms with Crippen LogP contribution in [0.25, 0.3) is 11.3 Å². The zero-order valence-electron chi connectivity index (χ0n) is 13.4. The van der Waals surface area contributed by atoms with Crippen molar-refractivity contribution in [1.82, 2.24) is 19.3 Å². The number of hydrogen-bond donors (Lipinski definition) is 2. The maximum absolute atomic E-state index is 12.3. The number of rotatable bonds is 6. The predicted octanol–water partition coefficient (Wildman–Crippen LogP) is 1.06. The molecule has 1 saturated heterocycles. The summed E-state index contributed by atoms with van der Waals surface area (Å²) < 4.78 is 33.7. The lowest BCUT2D eigenvalue weighted by molar-refractivity contribution is 0.354. The van der Waals surface area contributed by atoms with E-state index in [9.17, 15) is 8.42 Å². The van der Waals surface area contributed by atoms with Crippen molar-refractivity contribution in [2.75, 3.05) is 33.3 Å². The molecule has 0 amide bonds. The van der Waals surface area contributed by atoms with E-state index in [1.54, 1.807) is 7.11 Å². The van der Waals surface area contributed by atoms with Crippen molar-refractivity contribution in [3.63, 3.8) is 0 Å². The quantitative estimate of drug-likeness (QED) is 0.797. The largest absolute Gasteiger partial charge is 0.497 e. The van der Waals surface area contributed by atoms with Crippen LogP contribution in [0.5, 0.6) is 5.75 Å². The molecule has 2 aromatic rings. The third kappa shape index (κ3) is 4.11. The number of nitrogens with zero attached hydrogens (tertiary/aromatic N) is 2. The zero-order chi connectivity index (χ0) is 17.0. The summed E-state index contributed by atoms with van der Waals surface area (Å²) >= 11 is 1.44. The van der Waals surface area contributed by atoms with Gasteiger partial charge in [-0.2, -0.15) is 17.4 Å². The molecule has 130 valence electrons. The topological polar surface area (TPSA) is 83.6 Å². The molecule has 3 rings (SSSR count). The van der Waals surface area contributed by atoms with Gasteiger partial charge in [-0.05, 0) is 24.3 Å². The van der Waals surface area contributed by atoms with Crippen molar-refractivity contribution in [1.29, 1.82) is 0 Å². The summed E-state index contributed by atoms with van der Waals surface area (Å²) in [5.41, 5.74) is 1.81. The summed E-state index contributed by atoms with van der Waals surface area (Å²) in [5.74, 6) is 0.790. The Balaban J connectivity index is 1.63. The summed E-state index contributed by atoms with van der Waals surface area (Å²) in [6.45, 7) is 2.54. The van der Waals surface area contributed by atoms with Crippen LogP contribution in [0.2, 0.25) is 0 Å². The Labute approximate surface area is 145 Å². The predicted molar refractivity (Wildman–Crippen MR) is 94.3 cm³/mol. The fraction of sp³-hybridized carbons (Fsp3) is 0.400. The highest BCUT2D eigenvalue weighted by Gasteiger charge is 2.23. The molecule has 2 heterocycles. The molecule has 24 heavy (non-hydrogen) atoms. The van der Waals surface area contributed by atoms with E-state index in [0.29, 0.717) is 26.2 Å². The molecule has 0 atom stereocenters. The number of piperazine rings is 1. The number of hydrogen-bond acceptors (Lipinski definition) is 6. The fourth-order valence-electron chi connectivity index (χ4n) is 2.42. The smallest absolute Gasteiger partial charge is 0.279 e. The Hall–Kier alpha value is -1.52. The monoisotopic (exact) mass is 368 g/mol. The van der Waals surface area contributed by atoms with Gasteiger partial charge in [0.2, 0.25) is 0 Å². The number of aromatic nitrogens is 1. The molecule has 2 N–H and O–H groups in total. The molecular formula is C15H20N4O3S2. The van der Waals surface area contributed by atoms with Crippen LogP contribution >= 0.6 is 11.3 Å². The highest BCUT2D eigenvalue weighted by atomic mass is 32.2. The fourth-order valence-corrected chi connectivity index (χ4v) is 4.41. The number of benzene rings is 1. The van der Waals surface area contributed by atoms with Gasteiger partial charge in [0.25, 0.3) is 10.2 Å². The number of ether oxygens (including phenoxy) is 1. The lowest BCUT2D eigenvalue weighted by atomic mass is 10.2. The first-order chi connectivity index (χ1) is 11.6. The molecule has 1 aliphatic rings. The summed E-state index contributed by atoms with van der Waals surface area (Å²) in [7, 11) is -1.83. The van der Waals surface area contributed by atoms with Crippen LogP contribution in [0.15, 0.2) is 29.6 Å². The third-order valence-electron chi connectivity index (χ3n) is 3.76. The molecule has 0 spiro atoms. The number of methoxy groups -OCH3 is 1. The average molecular weight is 368 g/mol. The zero-order valence-corrected chi connectivity index (χ0v) is 15.0. The van der Waals surface area contributed by atoms with Crippen LogP contribution in [0.3, 0.4) is 0 Å². The standard InChI is InChI=1S/C15H20N4O3S2/c1-22-13-4-2-12(3-5-13)14-11-23-15(18-14)10-17-24(20,21)19-8-6-16-7-9-19/h2-5,11,16-17H,6-10H2,1H3. The van der Waals surface area contributed by atoms with Gasteiger partial charge in [-0.3, -0.25) is 0 Å². The van der Waals surface area contributed by atoms with Crippen molar-refractivity contribution in [2.24, 2.45) is 0 Å². The van der Waals surface area contributed by atoms with Crippen molar-refractivity contribution in [3.05, 3.63) is 34.7 Å². The van der Waals surface area contributed by atoms with E-state index in [0.717, 1.165) is 22.0 Å². The lowest BCUT2D eigenvalue weighted by Gasteiger charge is -2.26. The van der Waals surface area contributed by atoms with Crippen molar-refractivity contribution in [3.8, 4) is 17.0 Å². The minimum absolute atomic E-state index is 0.201. The maximum Gasteiger partial charge on any atom is 0.279 e. The minimum atomic E-state index is -3.45. The highest BCUT2D eigenvalue weighted by molar-refractivity contribution is 7.87. The van der Waals surface area contributed by atoms with E-state index < -0.39 is 10.2 Å². The molecular weight excluding hydrogens is 348 g/mol. The summed E-state index contributed by atoms with van der Waals surface area (Å²) in [5, 5.41) is 5.80. The van der Waals surface area contributed by atoms with Crippen LogP contribution in [-0.4, -0.2) is 51.0 Å². The average Bonchev–Trinajstić information content (AvgIpc) is 3.10. The normalized spacial score (nSPS) is 16.2. The third-order valence-corrected chi connectivity index (χ3v) is 6.16. The van der Waals surface area contributed by atoms with Crippen molar-refractivity contribution < 1.29 is 13.2 Å². The molecule has 1 aliphatic heterocycles. The first-order valence-corrected chi connectivity index (χ1v) is 9.95. The van der Waals surface area contributed by atoms with Crippen LogP contribution in [0.1, 0.15) is 5.01 Å². The van der Waals surface area contributed by atoms with Crippen molar-refractivity contribution >= 4 is 21.5 Å². The Morgan fingerprint density at radius 3 is 2.67 bits per heavy atom. The first-order valence-electron chi connectivity index (χ1n) is 7.63. The van der Waals surface area contributed by atoms with Gasteiger partial charge in [-0.25, -0.2) is 4.98 Å². The van der Waals surface area contributed by atoms with Gasteiger partial charge in [-0.15, -0.1) is 11.3 Å². The lowest BCUT2D eigenvalue weighted by Crippen LogP contribution is -2.50. The Bertz CT molecular complexity index is 768. The molecule has 1 aromatic carbocycles. The van der Waals surface area contributed by atoms with Gasteiger partial charge in [0.1, 0.15) is 10.8 Å². The second-order valence-electron chi connectivity index (χ2n) is 5.33. The van der Waals surface area contributed by atoms with Crippen LogP contribution in [0.4, 0.5) is 0 Å². The summed E-state index contributed by atoms with van der Waals surface area (Å²) in [4.78, 5) is 4.50. The summed E-state index contributed by atoms with van der Waals surface area (Å²) in [6, 6.07) is 7.62. The van der Waals surface area contributed by atoms with Gasteiger partial charge < -0.3 is 10.1 Å². The van der Waals surface area contributed by atoms with Gasteiger partial charge in [0.05, 0.1) is 19.3 Å². The van der Waals surface area contributed by atoms with Crippen LogP contribution in [-0.2, 0) is 16.8 Å². The number of thiazole rings is 1. The van der Waals surface area contributed by atoms with E-state index in [4.69, 9.17) is 4.74 Å². The SMILES string of the molecule is COc1ccc(-c2csc(CNS(=O)(=O)N3CCNCC3)n2)cc1. The molecule has 1 fully saturated rings. The molecule has 1 aromatic heterocycles. The van der Waals surface area contributed by atoms with E-state index in [2.05, 4.69) is 15.0 Å². The first kappa shape index (κ1) is 17.3. The van der Waals surface area contributed by atoms with Gasteiger partial charge in [-0.1, -0.05) is 0 Å². The molecule has 0 bridgehead atoms. The molecule has 0 radical (unpaired) electrons. The Morgan fingerprint density at radius 2 is 2.00 bits per heavy atom. The van der Waals surface area contributed by atoms with Crippen molar-refractivity contribution in [2.45, 2.75) is 6.54 Å². The van der Waals surface area contributed by atoms with Gasteiger partial charge in [0, 0.05) is 37.1 Å². The molecule has 0 saturated carbocycles. The minimum Gasteiger partial charge on any atom is -0.497 e. The van der Waals surface area contributed by atoms with Crippen LogP contribution < -0.4 is 14.8 Å². The van der Waals surface area contributed by atoms with E-state index in [1.807, 2.05) is 29.6 Å². The van der Waals surface area contributed by atoms with E-state index >= 15 is 0 Å². The molecule has 9 heteroatoms. The van der Waals surface area contributed by atoms with E-state index in [-0.39, 0.29) is 6.54 Å². The molecule has 0 aliphatic carbocycles. The second-order valence-corrected chi connectivity index (χ2v) is 8.03. The van der Waals surface area contributed by atoms with Gasteiger partial charge in [0.15, 0.2) is 0 Å². The van der Waals surface area contributed by atoms with Gasteiger partial charge >= 0.3 is 0 Å². The highest BCUT2D eigenvalue weighted by Crippen LogP contribution is 2.24.